The van der Waals surface area contributed by atoms with E-state index in [4.69, 9.17) is 18.0 Å². The van der Waals surface area contributed by atoms with Crippen LogP contribution in [0.25, 0.3) is 0 Å². The minimum Gasteiger partial charge on any atom is -0.389 e. The van der Waals surface area contributed by atoms with Crippen molar-refractivity contribution < 1.29 is 4.39 Å². The van der Waals surface area contributed by atoms with Gasteiger partial charge < -0.3 is 16.0 Å². The Hall–Kier alpha value is -1.20. The number of rotatable bonds is 8. The van der Waals surface area contributed by atoms with Crippen LogP contribution in [0.3, 0.4) is 0 Å². The van der Waals surface area contributed by atoms with E-state index in [1.54, 1.807) is 12.1 Å². The second-order valence-electron chi connectivity index (χ2n) is 4.37. The molecule has 0 aliphatic carbocycles. The van der Waals surface area contributed by atoms with Gasteiger partial charge in [0.15, 0.2) is 0 Å². The number of nitrogens with zero attached hydrogens (tertiary/aromatic N) is 1. The largest absolute Gasteiger partial charge is 0.389 e. The van der Waals surface area contributed by atoms with Gasteiger partial charge in [0.1, 0.15) is 10.8 Å². The lowest BCUT2D eigenvalue weighted by Gasteiger charge is -2.18. The molecule has 0 radical (unpaired) electrons. The number of nitrogens with one attached hydrogen (secondary N) is 1. The molecule has 0 bridgehead atoms. The maximum Gasteiger partial charge on any atom is 0.146 e. The fraction of sp³-hybridized carbons (Fsp3) is 0.500. The highest BCUT2D eigenvalue weighted by Gasteiger charge is 2.05. The van der Waals surface area contributed by atoms with Crippen molar-refractivity contribution >= 4 is 22.9 Å². The topological polar surface area (TPSA) is 41.3 Å². The van der Waals surface area contributed by atoms with E-state index < -0.39 is 0 Å². The molecule has 0 aromatic heterocycles. The lowest BCUT2D eigenvalue weighted by molar-refractivity contribution is 0.303. The average molecular weight is 283 g/mol. The number of hydrogen-bond donors (Lipinski definition) is 2. The summed E-state index contributed by atoms with van der Waals surface area (Å²) in [5, 5.41) is 3.10. The second-order valence-corrected chi connectivity index (χ2v) is 4.81. The smallest absolute Gasteiger partial charge is 0.146 e. The van der Waals surface area contributed by atoms with Crippen LogP contribution < -0.4 is 11.1 Å². The predicted octanol–water partition coefficient (Wildman–Crippen LogP) is 2.60. The lowest BCUT2D eigenvalue weighted by atomic mass is 10.2. The molecule has 1 aromatic carbocycles. The van der Waals surface area contributed by atoms with Crippen molar-refractivity contribution in [1.29, 1.82) is 0 Å². The van der Waals surface area contributed by atoms with E-state index in [-0.39, 0.29) is 10.8 Å². The van der Waals surface area contributed by atoms with Gasteiger partial charge in [-0.15, -0.1) is 0 Å². The quantitative estimate of drug-likeness (QED) is 0.568. The number of thiocarbonyl (C=S) groups is 1. The van der Waals surface area contributed by atoms with E-state index >= 15 is 0 Å². The number of anilines is 1. The van der Waals surface area contributed by atoms with Crippen LogP contribution in [-0.4, -0.2) is 36.1 Å². The fourth-order valence-electron chi connectivity index (χ4n) is 1.88. The van der Waals surface area contributed by atoms with E-state index in [0.717, 1.165) is 32.6 Å². The summed E-state index contributed by atoms with van der Waals surface area (Å²) in [6, 6.07) is 4.79. The lowest BCUT2D eigenvalue weighted by Crippen LogP contribution is -2.25. The van der Waals surface area contributed by atoms with Gasteiger partial charge in [-0.05, 0) is 44.3 Å². The molecule has 1 rings (SSSR count). The first-order valence-corrected chi connectivity index (χ1v) is 7.04. The zero-order valence-electron chi connectivity index (χ0n) is 11.6. The SMILES string of the molecule is CCN(CC)CCCNc1ccc(C(N)=S)cc1F. The summed E-state index contributed by atoms with van der Waals surface area (Å²) in [6.07, 6.45) is 0.984. The van der Waals surface area contributed by atoms with E-state index in [1.807, 2.05) is 0 Å². The van der Waals surface area contributed by atoms with Crippen molar-refractivity contribution in [2.75, 3.05) is 31.5 Å². The highest BCUT2D eigenvalue weighted by Crippen LogP contribution is 2.15. The summed E-state index contributed by atoms with van der Waals surface area (Å²) in [7, 11) is 0. The molecule has 0 saturated carbocycles. The maximum absolute atomic E-state index is 13.7. The van der Waals surface area contributed by atoms with E-state index in [9.17, 15) is 4.39 Å². The van der Waals surface area contributed by atoms with Crippen molar-refractivity contribution in [3.8, 4) is 0 Å². The Morgan fingerprint density at radius 2 is 2.05 bits per heavy atom. The van der Waals surface area contributed by atoms with Gasteiger partial charge in [0.05, 0.1) is 5.69 Å². The molecular formula is C14H22FN3S. The minimum atomic E-state index is -0.312. The van der Waals surface area contributed by atoms with Gasteiger partial charge in [0, 0.05) is 12.1 Å². The number of nitrogens with two attached hydrogens (primary N) is 1. The number of halogens is 1. The fourth-order valence-corrected chi connectivity index (χ4v) is 2.00. The first-order chi connectivity index (χ1) is 9.08. The van der Waals surface area contributed by atoms with Gasteiger partial charge in [-0.3, -0.25) is 0 Å². The first kappa shape index (κ1) is 15.9. The van der Waals surface area contributed by atoms with Crippen molar-refractivity contribution in [1.82, 2.24) is 4.90 Å². The standard InChI is InChI=1S/C14H22FN3S/c1-3-18(4-2)9-5-8-17-13-7-6-11(14(16)19)10-12(13)15/h6-7,10,17H,3-5,8-9H2,1-2H3,(H2,16,19). The van der Waals surface area contributed by atoms with E-state index in [2.05, 4.69) is 24.1 Å². The van der Waals surface area contributed by atoms with Crippen molar-refractivity contribution in [2.24, 2.45) is 5.73 Å². The van der Waals surface area contributed by atoms with Gasteiger partial charge >= 0.3 is 0 Å². The van der Waals surface area contributed by atoms with Crippen LogP contribution in [0.1, 0.15) is 25.8 Å². The molecule has 0 aliphatic rings. The zero-order valence-corrected chi connectivity index (χ0v) is 12.4. The molecule has 0 amide bonds. The Balaban J connectivity index is 2.43. The van der Waals surface area contributed by atoms with Crippen LogP contribution in [0.2, 0.25) is 0 Å². The van der Waals surface area contributed by atoms with Gasteiger partial charge in [0.2, 0.25) is 0 Å². The molecule has 19 heavy (non-hydrogen) atoms. The molecular weight excluding hydrogens is 261 g/mol. The molecule has 0 atom stereocenters. The third-order valence-corrected chi connectivity index (χ3v) is 3.35. The normalized spacial score (nSPS) is 10.7. The molecule has 0 spiro atoms. The van der Waals surface area contributed by atoms with Crippen LogP contribution in [0.5, 0.6) is 0 Å². The molecule has 0 unspecified atom stereocenters. The Labute approximate surface area is 120 Å². The third kappa shape index (κ3) is 5.12. The van der Waals surface area contributed by atoms with Gasteiger partial charge in [-0.1, -0.05) is 26.1 Å². The van der Waals surface area contributed by atoms with E-state index in [1.165, 1.54) is 6.07 Å². The Bertz CT molecular complexity index is 419. The Morgan fingerprint density at radius 3 is 2.58 bits per heavy atom. The van der Waals surface area contributed by atoms with Crippen LogP contribution in [0.15, 0.2) is 18.2 Å². The average Bonchev–Trinajstić information content (AvgIpc) is 2.40. The highest BCUT2D eigenvalue weighted by molar-refractivity contribution is 7.80. The molecule has 0 fully saturated rings. The minimum absolute atomic E-state index is 0.215. The molecule has 3 N–H and O–H groups in total. The van der Waals surface area contributed by atoms with Crippen LogP contribution in [0, 0.1) is 5.82 Å². The van der Waals surface area contributed by atoms with Crippen molar-refractivity contribution in [3.63, 3.8) is 0 Å². The maximum atomic E-state index is 13.7. The number of hydrogen-bond acceptors (Lipinski definition) is 3. The zero-order chi connectivity index (χ0) is 14.3. The first-order valence-electron chi connectivity index (χ1n) is 6.64. The van der Waals surface area contributed by atoms with Crippen LogP contribution >= 0.6 is 12.2 Å². The number of benzene rings is 1. The van der Waals surface area contributed by atoms with Crippen LogP contribution in [0.4, 0.5) is 10.1 Å². The summed E-state index contributed by atoms with van der Waals surface area (Å²) in [5.74, 6) is -0.312. The highest BCUT2D eigenvalue weighted by atomic mass is 32.1. The summed E-state index contributed by atoms with van der Waals surface area (Å²) >= 11 is 4.81. The second kappa shape index (κ2) is 8.07. The molecule has 1 aromatic rings. The van der Waals surface area contributed by atoms with Crippen molar-refractivity contribution in [3.05, 3.63) is 29.6 Å². The molecule has 106 valence electrons. The van der Waals surface area contributed by atoms with Gasteiger partial charge in [0.25, 0.3) is 0 Å². The van der Waals surface area contributed by atoms with E-state index in [0.29, 0.717) is 11.3 Å². The molecule has 0 saturated heterocycles. The monoisotopic (exact) mass is 283 g/mol. The van der Waals surface area contributed by atoms with Gasteiger partial charge in [-0.25, -0.2) is 4.39 Å². The summed E-state index contributed by atoms with van der Waals surface area (Å²) in [5.41, 5.74) is 6.51. The van der Waals surface area contributed by atoms with Crippen molar-refractivity contribution in [2.45, 2.75) is 20.3 Å². The third-order valence-electron chi connectivity index (χ3n) is 3.11. The van der Waals surface area contributed by atoms with Gasteiger partial charge in [-0.2, -0.15) is 0 Å². The molecule has 5 heteroatoms. The molecule has 0 aliphatic heterocycles. The predicted molar refractivity (Wildman–Crippen MR) is 83.2 cm³/mol. The Morgan fingerprint density at radius 1 is 1.37 bits per heavy atom. The summed E-state index contributed by atoms with van der Waals surface area (Å²) < 4.78 is 13.7. The van der Waals surface area contributed by atoms with Crippen LogP contribution in [-0.2, 0) is 0 Å². The molecule has 0 heterocycles. The Kier molecular flexibility index (Phi) is 6.73. The molecule has 3 nitrogen and oxygen atoms in total. The summed E-state index contributed by atoms with van der Waals surface area (Å²) in [4.78, 5) is 2.56. The summed E-state index contributed by atoms with van der Waals surface area (Å²) in [6.45, 7) is 8.16.